The largest absolute Gasteiger partial charge is 0.486 e. The summed E-state index contributed by atoms with van der Waals surface area (Å²) in [5.74, 6) is 0.806. The molecule has 1 atom stereocenters. The molecular formula is C24H21N3O4S. The first kappa shape index (κ1) is 20.3. The second-order valence-electron chi connectivity index (χ2n) is 7.93. The van der Waals surface area contributed by atoms with Gasteiger partial charge in [-0.1, -0.05) is 35.9 Å². The minimum absolute atomic E-state index is 0.0848. The van der Waals surface area contributed by atoms with E-state index in [-0.39, 0.29) is 12.5 Å². The van der Waals surface area contributed by atoms with Gasteiger partial charge in [0.2, 0.25) is 0 Å². The minimum atomic E-state index is -1.26. The summed E-state index contributed by atoms with van der Waals surface area (Å²) in [5.41, 5.74) is 1.21. The zero-order chi connectivity index (χ0) is 22.3. The Morgan fingerprint density at radius 2 is 1.94 bits per heavy atom. The number of rotatable bonds is 6. The first-order valence-corrected chi connectivity index (χ1v) is 11.1. The van der Waals surface area contributed by atoms with Crippen molar-refractivity contribution >= 4 is 34.2 Å². The SMILES string of the molecule is Cc1ccc(OCc2nc(CN3C(=O)NC(C)(c4cc5ccccc5o4)C3=O)cs2)cc1. The maximum atomic E-state index is 13.2. The number of para-hydroxylation sites is 1. The number of aryl methyl sites for hydroxylation is 1. The molecule has 1 fully saturated rings. The van der Waals surface area contributed by atoms with E-state index in [0.717, 1.165) is 21.7 Å². The lowest BCUT2D eigenvalue weighted by Crippen LogP contribution is -2.40. The Morgan fingerprint density at radius 1 is 1.16 bits per heavy atom. The molecule has 8 heteroatoms. The van der Waals surface area contributed by atoms with Gasteiger partial charge in [-0.25, -0.2) is 9.78 Å². The number of amides is 3. The van der Waals surface area contributed by atoms with Gasteiger partial charge in [0.15, 0.2) is 5.54 Å². The van der Waals surface area contributed by atoms with Crippen molar-refractivity contribution in [1.82, 2.24) is 15.2 Å². The zero-order valence-electron chi connectivity index (χ0n) is 17.6. The monoisotopic (exact) mass is 447 g/mol. The number of carbonyl (C=O) groups excluding carboxylic acids is 2. The number of fused-ring (bicyclic) bond motifs is 1. The van der Waals surface area contributed by atoms with Crippen LogP contribution in [0.1, 0.15) is 28.9 Å². The molecule has 5 rings (SSSR count). The molecule has 32 heavy (non-hydrogen) atoms. The van der Waals surface area contributed by atoms with Gasteiger partial charge in [0.05, 0.1) is 12.2 Å². The Morgan fingerprint density at radius 3 is 2.72 bits per heavy atom. The fourth-order valence-electron chi connectivity index (χ4n) is 3.67. The third-order valence-electron chi connectivity index (χ3n) is 5.50. The van der Waals surface area contributed by atoms with Crippen molar-refractivity contribution in [1.29, 1.82) is 0 Å². The van der Waals surface area contributed by atoms with Crippen LogP contribution in [0.2, 0.25) is 0 Å². The molecule has 1 N–H and O–H groups in total. The lowest BCUT2D eigenvalue weighted by atomic mass is 9.99. The van der Waals surface area contributed by atoms with E-state index in [2.05, 4.69) is 10.3 Å². The van der Waals surface area contributed by atoms with Crippen LogP contribution in [0.3, 0.4) is 0 Å². The van der Waals surface area contributed by atoms with Gasteiger partial charge in [0.1, 0.15) is 28.7 Å². The van der Waals surface area contributed by atoms with Crippen LogP contribution in [0.4, 0.5) is 4.79 Å². The van der Waals surface area contributed by atoms with Crippen LogP contribution in [0, 0.1) is 6.92 Å². The van der Waals surface area contributed by atoms with Crippen molar-refractivity contribution in [3.8, 4) is 5.75 Å². The van der Waals surface area contributed by atoms with Crippen LogP contribution < -0.4 is 10.1 Å². The van der Waals surface area contributed by atoms with Gasteiger partial charge in [-0.2, -0.15) is 0 Å². The van der Waals surface area contributed by atoms with Crippen molar-refractivity contribution in [2.45, 2.75) is 32.5 Å². The molecule has 0 spiro atoms. The molecule has 0 aliphatic carbocycles. The number of nitrogens with zero attached hydrogens (tertiary/aromatic N) is 2. The quantitative estimate of drug-likeness (QED) is 0.432. The topological polar surface area (TPSA) is 84.7 Å². The number of carbonyl (C=O) groups is 2. The summed E-state index contributed by atoms with van der Waals surface area (Å²) in [6.45, 7) is 4.09. The van der Waals surface area contributed by atoms with Gasteiger partial charge in [0.25, 0.3) is 5.91 Å². The summed E-state index contributed by atoms with van der Waals surface area (Å²) in [6, 6.07) is 16.6. The molecule has 0 radical (unpaired) electrons. The first-order chi connectivity index (χ1) is 15.4. The molecule has 1 aliphatic rings. The van der Waals surface area contributed by atoms with Gasteiger partial charge in [0, 0.05) is 10.8 Å². The van der Waals surface area contributed by atoms with Crippen molar-refractivity contribution in [3.05, 3.63) is 82.0 Å². The predicted octanol–water partition coefficient (Wildman–Crippen LogP) is 4.74. The molecule has 0 bridgehead atoms. The molecule has 4 aromatic rings. The maximum absolute atomic E-state index is 13.2. The van der Waals surface area contributed by atoms with E-state index in [9.17, 15) is 9.59 Å². The molecule has 1 saturated heterocycles. The van der Waals surface area contributed by atoms with E-state index in [1.807, 2.05) is 60.8 Å². The van der Waals surface area contributed by atoms with E-state index in [1.54, 1.807) is 13.0 Å². The van der Waals surface area contributed by atoms with Gasteiger partial charge >= 0.3 is 6.03 Å². The smallest absolute Gasteiger partial charge is 0.325 e. The number of ether oxygens (including phenoxy) is 1. The summed E-state index contributed by atoms with van der Waals surface area (Å²) >= 11 is 1.43. The van der Waals surface area contributed by atoms with Crippen molar-refractivity contribution in [2.24, 2.45) is 0 Å². The molecule has 3 amide bonds. The summed E-state index contributed by atoms with van der Waals surface area (Å²) in [5, 5.41) is 6.27. The van der Waals surface area contributed by atoms with Crippen LogP contribution in [0.5, 0.6) is 5.75 Å². The maximum Gasteiger partial charge on any atom is 0.325 e. The van der Waals surface area contributed by atoms with Gasteiger partial charge in [-0.05, 0) is 38.1 Å². The molecule has 0 saturated carbocycles. The number of aromatic nitrogens is 1. The summed E-state index contributed by atoms with van der Waals surface area (Å²) < 4.78 is 11.6. The number of hydrogen-bond donors (Lipinski definition) is 1. The highest BCUT2D eigenvalue weighted by atomic mass is 32.1. The lowest BCUT2D eigenvalue weighted by molar-refractivity contribution is -0.132. The summed E-state index contributed by atoms with van der Waals surface area (Å²) in [6.07, 6.45) is 0. The van der Waals surface area contributed by atoms with E-state index >= 15 is 0 Å². The van der Waals surface area contributed by atoms with Gasteiger partial charge in [-0.3, -0.25) is 9.69 Å². The number of imide groups is 1. The molecule has 1 aliphatic heterocycles. The van der Waals surface area contributed by atoms with Gasteiger partial charge in [-0.15, -0.1) is 11.3 Å². The molecule has 2 aromatic carbocycles. The van der Waals surface area contributed by atoms with Crippen LogP contribution in [0.25, 0.3) is 11.0 Å². The van der Waals surface area contributed by atoms with E-state index in [1.165, 1.54) is 16.2 Å². The standard InChI is InChI=1S/C24H21N3O4S/c1-15-7-9-18(10-8-15)30-13-21-25-17(14-32-21)12-27-22(28)24(2,26-23(27)29)20-11-16-5-3-4-6-19(16)31-20/h3-11,14H,12-13H2,1-2H3,(H,26,29). The number of urea groups is 1. The zero-order valence-corrected chi connectivity index (χ0v) is 18.4. The van der Waals surface area contributed by atoms with Crippen molar-refractivity contribution in [2.75, 3.05) is 0 Å². The summed E-state index contributed by atoms with van der Waals surface area (Å²) in [7, 11) is 0. The number of thiazole rings is 1. The molecule has 3 heterocycles. The molecule has 162 valence electrons. The fourth-order valence-corrected chi connectivity index (χ4v) is 4.36. The molecule has 7 nitrogen and oxygen atoms in total. The highest BCUT2D eigenvalue weighted by Gasteiger charge is 2.51. The minimum Gasteiger partial charge on any atom is -0.486 e. The number of nitrogens with one attached hydrogen (secondary N) is 1. The number of benzene rings is 2. The van der Waals surface area contributed by atoms with Crippen molar-refractivity contribution in [3.63, 3.8) is 0 Å². The molecular weight excluding hydrogens is 426 g/mol. The van der Waals surface area contributed by atoms with E-state index in [0.29, 0.717) is 23.6 Å². The number of furan rings is 1. The highest BCUT2D eigenvalue weighted by molar-refractivity contribution is 7.09. The average molecular weight is 448 g/mol. The fraction of sp³-hybridized carbons (Fsp3) is 0.208. The average Bonchev–Trinajstić information content (AvgIpc) is 3.48. The normalized spacial score (nSPS) is 18.4. The molecule has 1 unspecified atom stereocenters. The summed E-state index contributed by atoms with van der Waals surface area (Å²) in [4.78, 5) is 31.5. The third-order valence-corrected chi connectivity index (χ3v) is 6.37. The van der Waals surface area contributed by atoms with E-state index < -0.39 is 11.6 Å². The second-order valence-corrected chi connectivity index (χ2v) is 8.87. The first-order valence-electron chi connectivity index (χ1n) is 10.2. The van der Waals surface area contributed by atoms with Crippen LogP contribution in [-0.2, 0) is 23.5 Å². The lowest BCUT2D eigenvalue weighted by Gasteiger charge is -2.18. The van der Waals surface area contributed by atoms with Crippen LogP contribution >= 0.6 is 11.3 Å². The third kappa shape index (κ3) is 3.62. The van der Waals surface area contributed by atoms with Crippen LogP contribution in [-0.4, -0.2) is 21.8 Å². The van der Waals surface area contributed by atoms with Crippen molar-refractivity contribution < 1.29 is 18.7 Å². The Labute approximate surface area is 188 Å². The van der Waals surface area contributed by atoms with Gasteiger partial charge < -0.3 is 14.5 Å². The Kier molecular flexibility index (Phi) is 4.94. The Hall–Kier alpha value is -3.65. The Balaban J connectivity index is 1.29. The second kappa shape index (κ2) is 7.80. The highest BCUT2D eigenvalue weighted by Crippen LogP contribution is 2.33. The Bertz CT molecular complexity index is 1280. The predicted molar refractivity (Wildman–Crippen MR) is 120 cm³/mol. The number of hydrogen-bond acceptors (Lipinski definition) is 6. The van der Waals surface area contributed by atoms with E-state index in [4.69, 9.17) is 9.15 Å². The van der Waals surface area contributed by atoms with Crippen LogP contribution in [0.15, 0.2) is 64.4 Å². The molecule has 2 aromatic heterocycles.